The van der Waals surface area contributed by atoms with Crippen LogP contribution in [0.1, 0.15) is 56.2 Å². The highest BCUT2D eigenvalue weighted by Gasteiger charge is 2.22. The number of phenols is 2. The number of nitrogens with zero attached hydrogens (tertiary/aromatic N) is 12. The minimum atomic E-state index is -0.492. The van der Waals surface area contributed by atoms with E-state index in [1.807, 2.05) is 36.4 Å². The number of hydrogen-bond donors (Lipinski definition) is 4. The van der Waals surface area contributed by atoms with Gasteiger partial charge in [-0.3, -0.25) is 20.2 Å². The van der Waals surface area contributed by atoms with Gasteiger partial charge in [0.05, 0.1) is 45.8 Å². The Morgan fingerprint density at radius 3 is 1.15 bits per heavy atom. The van der Waals surface area contributed by atoms with Gasteiger partial charge >= 0.3 is 0 Å². The number of nitro groups is 2. The van der Waals surface area contributed by atoms with Crippen LogP contribution in [0.2, 0.25) is 0 Å². The molecule has 4 N–H and O–H groups in total. The number of aromatic amines is 2. The van der Waals surface area contributed by atoms with Crippen LogP contribution < -0.4 is 9.47 Å². The van der Waals surface area contributed by atoms with E-state index in [9.17, 15) is 30.4 Å². The molecule has 2 aromatic heterocycles. The average Bonchev–Trinajstić information content (AvgIpc) is 4.07. The largest absolute Gasteiger partial charge is 0.507 e. The third-order valence-corrected chi connectivity index (χ3v) is 11.0. The van der Waals surface area contributed by atoms with E-state index in [1.54, 1.807) is 24.3 Å². The highest BCUT2D eigenvalue weighted by molar-refractivity contribution is 5.61. The number of nitro benzene ring substituents is 2. The van der Waals surface area contributed by atoms with Gasteiger partial charge in [0.25, 0.3) is 11.4 Å². The van der Waals surface area contributed by atoms with Crippen molar-refractivity contribution >= 4 is 34.1 Å². The smallest absolute Gasteiger partial charge is 0.269 e. The molecule has 0 aliphatic heterocycles. The summed E-state index contributed by atoms with van der Waals surface area (Å²) in [6.07, 6.45) is 1.31. The number of azo groups is 2. The number of hydrogen-bond acceptors (Lipinski definition) is 18. The molecule has 1 aliphatic carbocycles. The van der Waals surface area contributed by atoms with Crippen molar-refractivity contribution in [3.8, 4) is 23.0 Å². The predicted molar refractivity (Wildman–Crippen MR) is 242 cm³/mol. The lowest BCUT2D eigenvalue weighted by Crippen LogP contribution is -2.09. The van der Waals surface area contributed by atoms with Gasteiger partial charge in [-0.15, -0.1) is 20.4 Å². The molecule has 8 aromatic rings. The van der Waals surface area contributed by atoms with Crippen molar-refractivity contribution in [2.75, 3.05) is 13.2 Å². The second kappa shape index (κ2) is 19.8. The molecule has 2 heterocycles. The molecule has 340 valence electrons. The van der Waals surface area contributed by atoms with E-state index in [-0.39, 0.29) is 61.8 Å². The molecule has 0 saturated carbocycles. The Balaban J connectivity index is 1.18. The Hall–Kier alpha value is -9.34. The highest BCUT2D eigenvalue weighted by atomic mass is 16.6. The molecule has 22 nitrogen and oxygen atoms in total. The molecule has 0 radical (unpaired) electrons. The average molecular weight is 915 g/mol. The van der Waals surface area contributed by atoms with E-state index in [2.05, 4.69) is 61.7 Å². The van der Waals surface area contributed by atoms with E-state index < -0.39 is 9.85 Å². The summed E-state index contributed by atoms with van der Waals surface area (Å²) < 4.78 is 13.1. The Kier molecular flexibility index (Phi) is 12.8. The summed E-state index contributed by atoms with van der Waals surface area (Å²) in [5.41, 5.74) is 6.25. The van der Waals surface area contributed by atoms with E-state index in [0.29, 0.717) is 103 Å². The molecule has 0 amide bonds. The molecule has 68 heavy (non-hydrogen) atoms. The van der Waals surface area contributed by atoms with Gasteiger partial charge in [-0.25, -0.2) is 0 Å². The minimum Gasteiger partial charge on any atom is -0.507 e. The van der Waals surface area contributed by atoms with E-state index in [4.69, 9.17) is 9.47 Å². The van der Waals surface area contributed by atoms with Crippen molar-refractivity contribution in [1.82, 2.24) is 41.2 Å². The lowest BCUT2D eigenvalue weighted by atomic mass is 9.91. The number of nitrogens with one attached hydrogen (secondary N) is 2. The van der Waals surface area contributed by atoms with Crippen LogP contribution in [0.3, 0.4) is 0 Å². The molecule has 8 bridgehead atoms. The van der Waals surface area contributed by atoms with Crippen molar-refractivity contribution in [1.29, 1.82) is 0 Å². The first-order valence-corrected chi connectivity index (χ1v) is 21.1. The summed E-state index contributed by atoms with van der Waals surface area (Å²) in [6.45, 7) is 0.324. The van der Waals surface area contributed by atoms with Crippen LogP contribution in [-0.2, 0) is 38.5 Å². The molecule has 0 fully saturated rings. The van der Waals surface area contributed by atoms with Crippen LogP contribution in [0.25, 0.3) is 0 Å². The minimum absolute atomic E-state index is 0.0172. The topological polar surface area (TPSA) is 304 Å². The van der Waals surface area contributed by atoms with Gasteiger partial charge in [0.1, 0.15) is 23.0 Å². The zero-order chi connectivity index (χ0) is 47.0. The molecule has 22 heteroatoms. The van der Waals surface area contributed by atoms with Gasteiger partial charge in [-0.1, -0.05) is 46.8 Å². The quantitative estimate of drug-likeness (QED) is 0.0451. The zero-order valence-electron chi connectivity index (χ0n) is 35.8. The first kappa shape index (κ1) is 43.9. The van der Waals surface area contributed by atoms with Crippen LogP contribution in [0.4, 0.5) is 34.1 Å². The standard InChI is InChI=1S/C46H38N14O8/c61-43-31-19-27-3-1-4-28(45(27)67-17-15-41-51-55-56-52-41)20-32-24-38(50-48-36-9-13-40(14-10-36)60(65)66)26-34(44(32)62)22-30-6-2-5-29(46(30)68-18-16-42-53-57-58-54-42)21-33(43)25-37(23-31)49-47-35-7-11-39(12-8-35)59(63)64/h1-14,23-26,61-62H,15-22H2,(H,51,52,55,56)(H,53,54,57,58). The van der Waals surface area contributed by atoms with Crippen LogP contribution in [0.5, 0.6) is 23.0 Å². The van der Waals surface area contributed by atoms with Crippen molar-refractivity contribution in [3.05, 3.63) is 186 Å². The zero-order valence-corrected chi connectivity index (χ0v) is 35.8. The van der Waals surface area contributed by atoms with Gasteiger partial charge in [0.2, 0.25) is 0 Å². The van der Waals surface area contributed by atoms with Crippen LogP contribution in [0, 0.1) is 20.2 Å². The van der Waals surface area contributed by atoms with Gasteiger partial charge in [0, 0.05) is 85.0 Å². The fraction of sp³-hybridized carbons (Fsp3) is 0.174. The van der Waals surface area contributed by atoms with E-state index >= 15 is 0 Å². The molecular weight excluding hydrogens is 877 g/mol. The molecule has 0 atom stereocenters. The van der Waals surface area contributed by atoms with Gasteiger partial charge < -0.3 is 19.7 Å². The van der Waals surface area contributed by atoms with Crippen LogP contribution in [0.15, 0.2) is 130 Å². The van der Waals surface area contributed by atoms with Crippen molar-refractivity contribution in [2.45, 2.75) is 38.5 Å². The second-order valence-electron chi connectivity index (χ2n) is 15.5. The van der Waals surface area contributed by atoms with Gasteiger partial charge in [0.15, 0.2) is 11.6 Å². The maximum absolute atomic E-state index is 12.2. The molecular formula is C46H38N14O8. The molecule has 0 saturated heterocycles. The third-order valence-electron chi connectivity index (χ3n) is 11.0. The van der Waals surface area contributed by atoms with E-state index in [1.165, 1.54) is 48.5 Å². The first-order valence-electron chi connectivity index (χ1n) is 21.1. The Labute approximate surface area is 384 Å². The van der Waals surface area contributed by atoms with Crippen LogP contribution in [-0.4, -0.2) is 74.5 Å². The normalized spacial score (nSPS) is 12.4. The number of benzene rings is 6. The molecule has 1 aliphatic rings. The number of aromatic hydroxyl groups is 2. The Bertz CT molecular complexity index is 2860. The molecule has 0 unspecified atom stereocenters. The summed E-state index contributed by atoms with van der Waals surface area (Å²) in [7, 11) is 0. The third kappa shape index (κ3) is 10.3. The van der Waals surface area contributed by atoms with Crippen molar-refractivity contribution in [3.63, 3.8) is 0 Å². The maximum Gasteiger partial charge on any atom is 0.269 e. The van der Waals surface area contributed by atoms with Gasteiger partial charge in [-0.05, 0) is 70.8 Å². The Morgan fingerprint density at radius 1 is 0.500 bits per heavy atom. The molecule has 0 spiro atoms. The van der Waals surface area contributed by atoms with Crippen molar-refractivity contribution in [2.24, 2.45) is 20.5 Å². The summed E-state index contributed by atoms with van der Waals surface area (Å²) in [6, 6.07) is 29.6. The number of aromatic nitrogens is 8. The SMILES string of the molecule is O=[N+]([O-])c1ccc(N=Nc2cc3c(O)c(c2)Cc2cccc(c2OCCc2nn[nH]n2)Cc2cc(N=Nc4ccc([N+](=O)[O-])cc4)cc(c2O)Cc2cccc(c2OCCc2nn[nH]n2)C3)cc1. The monoisotopic (exact) mass is 914 g/mol. The van der Waals surface area contributed by atoms with E-state index in [0.717, 1.165) is 0 Å². The predicted octanol–water partition coefficient (Wildman–Crippen LogP) is 8.69. The summed E-state index contributed by atoms with van der Waals surface area (Å²) in [4.78, 5) is 21.6. The Morgan fingerprint density at radius 2 is 0.838 bits per heavy atom. The number of phenolic OH excluding ortho intramolecular Hbond substituents is 2. The molecule has 6 aromatic carbocycles. The van der Waals surface area contributed by atoms with Gasteiger partial charge in [-0.2, -0.15) is 30.9 Å². The first-order chi connectivity index (χ1) is 33.1. The molecule has 9 rings (SSSR count). The lowest BCUT2D eigenvalue weighted by Gasteiger charge is -2.21. The number of non-ortho nitro benzene ring substituents is 2. The van der Waals surface area contributed by atoms with Crippen molar-refractivity contribution < 1.29 is 29.5 Å². The summed E-state index contributed by atoms with van der Waals surface area (Å²) in [5.74, 6) is 1.93. The number of ether oxygens (including phenoxy) is 2. The second-order valence-corrected chi connectivity index (χ2v) is 15.5. The maximum atomic E-state index is 12.2. The number of para-hydroxylation sites is 2. The number of rotatable bonds is 14. The number of tetrazole rings is 2. The summed E-state index contributed by atoms with van der Waals surface area (Å²) in [5, 5.41) is 93.2. The lowest BCUT2D eigenvalue weighted by molar-refractivity contribution is -0.385. The summed E-state index contributed by atoms with van der Waals surface area (Å²) >= 11 is 0. The highest BCUT2D eigenvalue weighted by Crippen LogP contribution is 2.41. The fourth-order valence-electron chi connectivity index (χ4n) is 7.74. The fourth-order valence-corrected chi connectivity index (χ4v) is 7.74. The van der Waals surface area contributed by atoms with Crippen LogP contribution >= 0.6 is 0 Å². The number of H-pyrrole nitrogens is 2. The number of fused-ring (bicyclic) bond motifs is 8.